The first-order valence-electron chi connectivity index (χ1n) is 5.68. The summed E-state index contributed by atoms with van der Waals surface area (Å²) in [6.07, 6.45) is 0. The SMILES string of the molecule is CCNCc1ccccc1.c1ccccc1. The van der Waals surface area contributed by atoms with E-state index in [0.717, 1.165) is 13.1 Å². The van der Waals surface area contributed by atoms with E-state index in [1.54, 1.807) is 0 Å². The fraction of sp³-hybridized carbons (Fsp3) is 0.200. The van der Waals surface area contributed by atoms with E-state index in [1.165, 1.54) is 5.56 Å². The van der Waals surface area contributed by atoms with Crippen LogP contribution in [0.3, 0.4) is 0 Å². The molecule has 0 saturated heterocycles. The lowest BCUT2D eigenvalue weighted by Crippen LogP contribution is -2.11. The Labute approximate surface area is 98.1 Å². The molecule has 0 saturated carbocycles. The van der Waals surface area contributed by atoms with Crippen LogP contribution < -0.4 is 5.32 Å². The van der Waals surface area contributed by atoms with Crippen LogP contribution >= 0.6 is 0 Å². The van der Waals surface area contributed by atoms with E-state index < -0.39 is 0 Å². The second-order valence-corrected chi connectivity index (χ2v) is 3.42. The molecule has 0 spiro atoms. The molecule has 0 aliphatic rings. The Bertz CT molecular complexity index is 316. The van der Waals surface area contributed by atoms with Crippen LogP contribution in [0.25, 0.3) is 0 Å². The Hall–Kier alpha value is -1.60. The maximum Gasteiger partial charge on any atom is 0.0205 e. The summed E-state index contributed by atoms with van der Waals surface area (Å²) in [7, 11) is 0. The topological polar surface area (TPSA) is 12.0 Å². The molecule has 1 nitrogen and oxygen atoms in total. The van der Waals surface area contributed by atoms with Crippen molar-refractivity contribution in [1.82, 2.24) is 5.32 Å². The zero-order chi connectivity index (χ0) is 11.5. The van der Waals surface area contributed by atoms with Gasteiger partial charge in [-0.3, -0.25) is 0 Å². The second kappa shape index (κ2) is 8.69. The van der Waals surface area contributed by atoms with E-state index in [1.807, 2.05) is 42.5 Å². The van der Waals surface area contributed by atoms with Gasteiger partial charge in [-0.25, -0.2) is 0 Å². The molecule has 0 aromatic heterocycles. The molecule has 0 aliphatic heterocycles. The smallest absolute Gasteiger partial charge is 0.0205 e. The Balaban J connectivity index is 0.000000181. The van der Waals surface area contributed by atoms with E-state index in [9.17, 15) is 0 Å². The number of rotatable bonds is 3. The highest BCUT2D eigenvalue weighted by Gasteiger charge is 1.85. The van der Waals surface area contributed by atoms with E-state index in [0.29, 0.717) is 0 Å². The van der Waals surface area contributed by atoms with Crippen LogP contribution in [0.2, 0.25) is 0 Å². The first kappa shape index (κ1) is 12.5. The number of hydrogen-bond donors (Lipinski definition) is 1. The summed E-state index contributed by atoms with van der Waals surface area (Å²) in [5.41, 5.74) is 1.35. The van der Waals surface area contributed by atoms with Gasteiger partial charge in [0.1, 0.15) is 0 Å². The molecule has 2 rings (SSSR count). The maximum absolute atomic E-state index is 3.26. The van der Waals surface area contributed by atoms with Gasteiger partial charge in [0.25, 0.3) is 0 Å². The average Bonchev–Trinajstić information content (AvgIpc) is 2.40. The molecule has 0 heterocycles. The largest absolute Gasteiger partial charge is 0.313 e. The van der Waals surface area contributed by atoms with Crippen LogP contribution in [-0.4, -0.2) is 6.54 Å². The van der Waals surface area contributed by atoms with Crippen LogP contribution in [0.5, 0.6) is 0 Å². The van der Waals surface area contributed by atoms with Gasteiger partial charge in [-0.05, 0) is 12.1 Å². The van der Waals surface area contributed by atoms with Gasteiger partial charge < -0.3 is 5.32 Å². The maximum atomic E-state index is 3.26. The van der Waals surface area contributed by atoms with E-state index in [-0.39, 0.29) is 0 Å². The molecule has 0 bridgehead atoms. The third-order valence-electron chi connectivity index (χ3n) is 2.09. The quantitative estimate of drug-likeness (QED) is 0.823. The first-order valence-corrected chi connectivity index (χ1v) is 5.68. The summed E-state index contributed by atoms with van der Waals surface area (Å²) >= 11 is 0. The highest BCUT2D eigenvalue weighted by Crippen LogP contribution is 1.96. The third kappa shape index (κ3) is 5.99. The van der Waals surface area contributed by atoms with Gasteiger partial charge in [0.05, 0.1) is 0 Å². The summed E-state index contributed by atoms with van der Waals surface area (Å²) in [6, 6.07) is 22.4. The summed E-state index contributed by atoms with van der Waals surface area (Å²) in [5, 5.41) is 3.26. The van der Waals surface area contributed by atoms with Gasteiger partial charge in [-0.1, -0.05) is 73.7 Å². The molecule has 0 atom stereocenters. The molecule has 84 valence electrons. The first-order chi connectivity index (χ1) is 7.93. The molecule has 0 unspecified atom stereocenters. The minimum Gasteiger partial charge on any atom is -0.313 e. The van der Waals surface area contributed by atoms with Gasteiger partial charge in [0.15, 0.2) is 0 Å². The molecule has 16 heavy (non-hydrogen) atoms. The van der Waals surface area contributed by atoms with E-state index in [4.69, 9.17) is 0 Å². The lowest BCUT2D eigenvalue weighted by atomic mass is 10.2. The minimum absolute atomic E-state index is 0.983. The monoisotopic (exact) mass is 213 g/mol. The molecule has 0 amide bonds. The lowest BCUT2D eigenvalue weighted by molar-refractivity contribution is 0.727. The van der Waals surface area contributed by atoms with Crippen LogP contribution in [0.1, 0.15) is 12.5 Å². The van der Waals surface area contributed by atoms with Crippen molar-refractivity contribution in [2.24, 2.45) is 0 Å². The zero-order valence-corrected chi connectivity index (χ0v) is 9.77. The van der Waals surface area contributed by atoms with Crippen LogP contribution in [0.4, 0.5) is 0 Å². The Morgan fingerprint density at radius 3 is 1.62 bits per heavy atom. The van der Waals surface area contributed by atoms with Crippen molar-refractivity contribution >= 4 is 0 Å². The van der Waals surface area contributed by atoms with Crippen LogP contribution in [-0.2, 0) is 6.54 Å². The van der Waals surface area contributed by atoms with Gasteiger partial charge in [0.2, 0.25) is 0 Å². The predicted octanol–water partition coefficient (Wildman–Crippen LogP) is 3.48. The summed E-state index contributed by atoms with van der Waals surface area (Å²) in [6.45, 7) is 4.13. The van der Waals surface area contributed by atoms with E-state index in [2.05, 4.69) is 36.5 Å². The second-order valence-electron chi connectivity index (χ2n) is 3.42. The molecular weight excluding hydrogens is 194 g/mol. The van der Waals surface area contributed by atoms with Crippen molar-refractivity contribution in [3.63, 3.8) is 0 Å². The molecule has 0 fully saturated rings. The van der Waals surface area contributed by atoms with Gasteiger partial charge in [-0.2, -0.15) is 0 Å². The van der Waals surface area contributed by atoms with Crippen molar-refractivity contribution in [2.45, 2.75) is 13.5 Å². The highest BCUT2D eigenvalue weighted by atomic mass is 14.8. The molecule has 2 aromatic carbocycles. The Morgan fingerprint density at radius 2 is 1.19 bits per heavy atom. The van der Waals surface area contributed by atoms with Crippen molar-refractivity contribution in [3.8, 4) is 0 Å². The number of hydrogen-bond acceptors (Lipinski definition) is 1. The van der Waals surface area contributed by atoms with Crippen molar-refractivity contribution in [1.29, 1.82) is 0 Å². The van der Waals surface area contributed by atoms with Crippen LogP contribution in [0, 0.1) is 0 Å². The third-order valence-corrected chi connectivity index (χ3v) is 2.09. The van der Waals surface area contributed by atoms with E-state index >= 15 is 0 Å². The van der Waals surface area contributed by atoms with Crippen molar-refractivity contribution in [3.05, 3.63) is 72.3 Å². The molecule has 0 aliphatic carbocycles. The number of benzene rings is 2. The fourth-order valence-electron chi connectivity index (χ4n) is 1.25. The fourth-order valence-corrected chi connectivity index (χ4v) is 1.25. The van der Waals surface area contributed by atoms with Crippen molar-refractivity contribution < 1.29 is 0 Å². The minimum atomic E-state index is 0.983. The summed E-state index contributed by atoms with van der Waals surface area (Å²) < 4.78 is 0. The molecular formula is C15H19N. The summed E-state index contributed by atoms with van der Waals surface area (Å²) in [4.78, 5) is 0. The van der Waals surface area contributed by atoms with Crippen LogP contribution in [0.15, 0.2) is 66.7 Å². The Kier molecular flexibility index (Phi) is 6.77. The average molecular weight is 213 g/mol. The van der Waals surface area contributed by atoms with Gasteiger partial charge in [0, 0.05) is 6.54 Å². The summed E-state index contributed by atoms with van der Waals surface area (Å²) in [5.74, 6) is 0. The Morgan fingerprint density at radius 1 is 0.750 bits per heavy atom. The number of nitrogens with one attached hydrogen (secondary N) is 1. The lowest BCUT2D eigenvalue weighted by Gasteiger charge is -1.99. The normalized spacial score (nSPS) is 9.06. The molecule has 1 heteroatoms. The molecule has 1 N–H and O–H groups in total. The standard InChI is InChI=1S/C9H13N.C6H6/c1-2-10-8-9-6-4-3-5-7-9;1-2-4-6-5-3-1/h3-7,10H,2,8H2,1H3;1-6H. The predicted molar refractivity (Wildman–Crippen MR) is 70.3 cm³/mol. The zero-order valence-electron chi connectivity index (χ0n) is 9.77. The van der Waals surface area contributed by atoms with Gasteiger partial charge >= 0.3 is 0 Å². The van der Waals surface area contributed by atoms with Crippen molar-refractivity contribution in [2.75, 3.05) is 6.54 Å². The highest BCUT2D eigenvalue weighted by molar-refractivity contribution is 5.14. The molecule has 0 radical (unpaired) electrons. The van der Waals surface area contributed by atoms with Gasteiger partial charge in [-0.15, -0.1) is 0 Å². The molecule has 2 aromatic rings.